The highest BCUT2D eigenvalue weighted by atomic mass is 16.2. The number of hydrogen-bond acceptors (Lipinski definition) is 2. The predicted molar refractivity (Wildman–Crippen MR) is 99.8 cm³/mol. The molecular weight excluding hydrogens is 314 g/mol. The summed E-state index contributed by atoms with van der Waals surface area (Å²) in [6.07, 6.45) is 0.774. The van der Waals surface area contributed by atoms with Crippen LogP contribution in [-0.4, -0.2) is 23.3 Å². The zero-order valence-electron chi connectivity index (χ0n) is 14.3. The van der Waals surface area contributed by atoms with Crippen LogP contribution in [-0.2, 0) is 11.2 Å². The van der Waals surface area contributed by atoms with Crippen molar-refractivity contribution in [2.75, 3.05) is 11.9 Å². The molecule has 0 aliphatic carbocycles. The monoisotopic (exact) mass is 335 g/mol. The van der Waals surface area contributed by atoms with E-state index in [0.717, 1.165) is 17.6 Å². The summed E-state index contributed by atoms with van der Waals surface area (Å²) >= 11 is 0. The molecule has 0 unspecified atom stereocenters. The van der Waals surface area contributed by atoms with Crippen LogP contribution in [0.15, 0.2) is 48.5 Å². The van der Waals surface area contributed by atoms with Gasteiger partial charge in [-0.1, -0.05) is 6.07 Å². The van der Waals surface area contributed by atoms with Gasteiger partial charge in [-0.25, -0.2) is 0 Å². The van der Waals surface area contributed by atoms with Crippen LogP contribution >= 0.6 is 0 Å². The highest BCUT2D eigenvalue weighted by Crippen LogP contribution is 2.17. The smallest absolute Gasteiger partial charge is 0.251 e. The number of fused-ring (bicyclic) bond motifs is 1. The molecule has 3 rings (SSSR count). The van der Waals surface area contributed by atoms with Gasteiger partial charge in [0, 0.05) is 35.9 Å². The van der Waals surface area contributed by atoms with Crippen LogP contribution in [0, 0.1) is 6.92 Å². The molecule has 0 spiro atoms. The van der Waals surface area contributed by atoms with Gasteiger partial charge in [-0.3, -0.25) is 9.59 Å². The Morgan fingerprint density at radius 2 is 1.80 bits per heavy atom. The van der Waals surface area contributed by atoms with Gasteiger partial charge in [-0.05, 0) is 66.8 Å². The van der Waals surface area contributed by atoms with Gasteiger partial charge in [0.25, 0.3) is 5.91 Å². The van der Waals surface area contributed by atoms with Gasteiger partial charge in [0.1, 0.15) is 0 Å². The summed E-state index contributed by atoms with van der Waals surface area (Å²) in [5.74, 6) is -0.250. The highest BCUT2D eigenvalue weighted by Gasteiger charge is 2.06. The first-order valence-corrected chi connectivity index (χ1v) is 8.25. The minimum absolute atomic E-state index is 0.118. The van der Waals surface area contributed by atoms with E-state index in [0.29, 0.717) is 17.8 Å². The molecule has 128 valence electrons. The number of carbonyl (C=O) groups is 2. The maximum absolute atomic E-state index is 12.2. The molecule has 3 aromatic rings. The first kappa shape index (κ1) is 16.8. The van der Waals surface area contributed by atoms with Crippen molar-refractivity contribution < 1.29 is 9.59 Å². The van der Waals surface area contributed by atoms with E-state index in [1.165, 1.54) is 17.9 Å². The van der Waals surface area contributed by atoms with Crippen molar-refractivity contribution in [2.45, 2.75) is 20.3 Å². The number of amides is 2. The van der Waals surface area contributed by atoms with E-state index in [4.69, 9.17) is 0 Å². The van der Waals surface area contributed by atoms with Gasteiger partial charge in [0.05, 0.1) is 0 Å². The average molecular weight is 335 g/mol. The number of hydrogen-bond donors (Lipinski definition) is 3. The Morgan fingerprint density at radius 3 is 2.52 bits per heavy atom. The van der Waals surface area contributed by atoms with Crippen LogP contribution in [0.3, 0.4) is 0 Å². The number of benzene rings is 2. The summed E-state index contributed by atoms with van der Waals surface area (Å²) in [7, 11) is 0. The van der Waals surface area contributed by atoms with Crippen molar-refractivity contribution in [2.24, 2.45) is 0 Å². The maximum atomic E-state index is 12.2. The van der Waals surface area contributed by atoms with Crippen molar-refractivity contribution >= 4 is 28.4 Å². The van der Waals surface area contributed by atoms with Crippen molar-refractivity contribution in [3.8, 4) is 0 Å². The number of aryl methyl sites for hydroxylation is 1. The van der Waals surface area contributed by atoms with Crippen molar-refractivity contribution in [1.29, 1.82) is 0 Å². The number of nitrogens with one attached hydrogen (secondary N) is 3. The molecule has 0 saturated heterocycles. The third kappa shape index (κ3) is 4.26. The van der Waals surface area contributed by atoms with Crippen LogP contribution in [0.5, 0.6) is 0 Å². The van der Waals surface area contributed by atoms with Crippen LogP contribution in [0.1, 0.15) is 28.5 Å². The molecule has 0 radical (unpaired) electrons. The predicted octanol–water partition coefficient (Wildman–Crippen LogP) is 3.41. The van der Waals surface area contributed by atoms with Crippen LogP contribution in [0.4, 0.5) is 5.69 Å². The second-order valence-corrected chi connectivity index (χ2v) is 6.14. The molecule has 25 heavy (non-hydrogen) atoms. The molecule has 0 fully saturated rings. The molecule has 0 atom stereocenters. The molecule has 2 amide bonds. The summed E-state index contributed by atoms with van der Waals surface area (Å²) in [5, 5.41) is 6.80. The second-order valence-electron chi connectivity index (χ2n) is 6.14. The van der Waals surface area contributed by atoms with Crippen LogP contribution < -0.4 is 10.6 Å². The molecule has 2 aromatic carbocycles. The average Bonchev–Trinajstić information content (AvgIpc) is 2.94. The molecule has 1 aromatic heterocycles. The number of aromatic amines is 1. The molecular formula is C20H21N3O2. The van der Waals surface area contributed by atoms with Crippen molar-refractivity contribution in [3.05, 3.63) is 65.4 Å². The molecule has 3 N–H and O–H groups in total. The van der Waals surface area contributed by atoms with Crippen molar-refractivity contribution in [3.63, 3.8) is 0 Å². The molecule has 0 aliphatic heterocycles. The Bertz CT molecular complexity index is 910. The first-order valence-electron chi connectivity index (χ1n) is 8.25. The van der Waals surface area contributed by atoms with E-state index in [1.807, 2.05) is 6.92 Å². The van der Waals surface area contributed by atoms with Crippen LogP contribution in [0.2, 0.25) is 0 Å². The third-order valence-corrected chi connectivity index (χ3v) is 3.99. The zero-order chi connectivity index (χ0) is 17.8. The number of carbonyl (C=O) groups excluding carboxylic acids is 2. The summed E-state index contributed by atoms with van der Waals surface area (Å²) in [4.78, 5) is 26.5. The minimum atomic E-state index is -0.133. The Morgan fingerprint density at radius 1 is 1.04 bits per heavy atom. The largest absolute Gasteiger partial charge is 0.359 e. The lowest BCUT2D eigenvalue weighted by Gasteiger charge is -2.07. The second kappa shape index (κ2) is 7.21. The normalized spacial score (nSPS) is 10.6. The zero-order valence-corrected chi connectivity index (χ0v) is 14.3. The minimum Gasteiger partial charge on any atom is -0.359 e. The Hall–Kier alpha value is -3.08. The van der Waals surface area contributed by atoms with Gasteiger partial charge in [-0.15, -0.1) is 0 Å². The highest BCUT2D eigenvalue weighted by molar-refractivity contribution is 5.95. The Labute approximate surface area is 146 Å². The Balaban J connectivity index is 1.55. The Kier molecular flexibility index (Phi) is 4.84. The lowest BCUT2D eigenvalue weighted by atomic mass is 10.1. The standard InChI is InChI=1S/C20H21N3O2/c1-13-11-17-12-15(3-8-19(17)22-13)9-10-21-20(25)16-4-6-18(7-5-16)23-14(2)24/h3-8,11-12,22H,9-10H2,1-2H3,(H,21,25)(H,23,24). The summed E-state index contributed by atoms with van der Waals surface area (Å²) in [5.41, 5.74) is 4.71. The van der Waals surface area contributed by atoms with E-state index in [9.17, 15) is 9.59 Å². The van der Waals surface area contributed by atoms with Gasteiger partial charge in [-0.2, -0.15) is 0 Å². The molecule has 0 aliphatic rings. The van der Waals surface area contributed by atoms with Crippen LogP contribution in [0.25, 0.3) is 10.9 Å². The number of H-pyrrole nitrogens is 1. The van der Waals surface area contributed by atoms with Gasteiger partial charge in [0.15, 0.2) is 0 Å². The van der Waals surface area contributed by atoms with E-state index >= 15 is 0 Å². The topological polar surface area (TPSA) is 74.0 Å². The molecule has 5 nitrogen and oxygen atoms in total. The lowest BCUT2D eigenvalue weighted by Crippen LogP contribution is -2.25. The molecule has 0 saturated carbocycles. The molecule has 5 heteroatoms. The maximum Gasteiger partial charge on any atom is 0.251 e. The lowest BCUT2D eigenvalue weighted by molar-refractivity contribution is -0.114. The van der Waals surface area contributed by atoms with Crippen molar-refractivity contribution in [1.82, 2.24) is 10.3 Å². The number of rotatable bonds is 5. The van der Waals surface area contributed by atoms with E-state index < -0.39 is 0 Å². The molecule has 0 bridgehead atoms. The van der Waals surface area contributed by atoms with E-state index in [2.05, 4.69) is 39.9 Å². The quantitative estimate of drug-likeness (QED) is 0.668. The summed E-state index contributed by atoms with van der Waals surface area (Å²) in [6, 6.07) is 15.3. The number of anilines is 1. The fourth-order valence-electron chi connectivity index (χ4n) is 2.81. The van der Waals surface area contributed by atoms with Gasteiger partial charge >= 0.3 is 0 Å². The fraction of sp³-hybridized carbons (Fsp3) is 0.200. The van der Waals surface area contributed by atoms with Gasteiger partial charge < -0.3 is 15.6 Å². The van der Waals surface area contributed by atoms with E-state index in [1.54, 1.807) is 24.3 Å². The van der Waals surface area contributed by atoms with E-state index in [-0.39, 0.29) is 11.8 Å². The third-order valence-electron chi connectivity index (χ3n) is 3.99. The summed E-state index contributed by atoms with van der Waals surface area (Å²) < 4.78 is 0. The summed E-state index contributed by atoms with van der Waals surface area (Å²) in [6.45, 7) is 4.06. The SMILES string of the molecule is CC(=O)Nc1ccc(C(=O)NCCc2ccc3[nH]c(C)cc3c2)cc1. The molecule has 1 heterocycles. The first-order chi connectivity index (χ1) is 12.0. The fourth-order valence-corrected chi connectivity index (χ4v) is 2.81. The number of aromatic nitrogens is 1. The van der Waals surface area contributed by atoms with Gasteiger partial charge in [0.2, 0.25) is 5.91 Å².